The summed E-state index contributed by atoms with van der Waals surface area (Å²) in [5, 5.41) is 4.07. The Morgan fingerprint density at radius 3 is 2.53 bits per heavy atom. The number of nitrogens with zero attached hydrogens (tertiary/aromatic N) is 4. The molecule has 0 unspecified atom stereocenters. The van der Waals surface area contributed by atoms with E-state index in [0.29, 0.717) is 6.04 Å². The Morgan fingerprint density at radius 2 is 2.00 bits per heavy atom. The van der Waals surface area contributed by atoms with Gasteiger partial charge in [0.25, 0.3) is 0 Å². The second-order valence-electron chi connectivity index (χ2n) is 5.24. The van der Waals surface area contributed by atoms with Gasteiger partial charge in [-0.3, -0.25) is 14.4 Å². The summed E-state index contributed by atoms with van der Waals surface area (Å²) in [6.07, 6.45) is 7.10. The van der Waals surface area contributed by atoms with E-state index in [1.165, 1.54) is 0 Å². The maximum absolute atomic E-state index is 12.0. The summed E-state index contributed by atoms with van der Waals surface area (Å²) in [5.74, 6) is 0.0901. The van der Waals surface area contributed by atoms with Gasteiger partial charge in [-0.15, -0.1) is 0 Å². The largest absolute Gasteiger partial charge is 0.337 e. The molecule has 0 bridgehead atoms. The zero-order chi connectivity index (χ0) is 13.8. The lowest BCUT2D eigenvalue weighted by atomic mass is 10.2. The molecule has 19 heavy (non-hydrogen) atoms. The molecule has 1 saturated heterocycles. The zero-order valence-electron chi connectivity index (χ0n) is 11.9. The Kier molecular flexibility index (Phi) is 4.37. The van der Waals surface area contributed by atoms with E-state index in [-0.39, 0.29) is 5.91 Å². The molecule has 0 aromatic carbocycles. The molecule has 0 N–H and O–H groups in total. The maximum atomic E-state index is 12.0. The molecule has 104 valence electrons. The van der Waals surface area contributed by atoms with E-state index in [1.54, 1.807) is 17.0 Å². The first-order valence-electron chi connectivity index (χ1n) is 6.76. The van der Waals surface area contributed by atoms with Crippen LogP contribution in [0.15, 0.2) is 18.5 Å². The Labute approximate surface area is 114 Å². The van der Waals surface area contributed by atoms with Gasteiger partial charge in [-0.2, -0.15) is 5.10 Å². The fraction of sp³-hybridized carbons (Fsp3) is 0.571. The van der Waals surface area contributed by atoms with Crippen molar-refractivity contribution in [3.8, 4) is 0 Å². The number of piperazine rings is 1. The molecule has 1 aliphatic heterocycles. The smallest absolute Gasteiger partial charge is 0.246 e. The van der Waals surface area contributed by atoms with Gasteiger partial charge in [0.05, 0.1) is 6.20 Å². The Hall–Kier alpha value is -1.62. The average Bonchev–Trinajstić information content (AvgIpc) is 2.82. The molecular formula is C14H22N4O. The predicted octanol–water partition coefficient (Wildman–Crippen LogP) is 0.986. The minimum absolute atomic E-state index is 0.0901. The first kappa shape index (κ1) is 13.8. The minimum Gasteiger partial charge on any atom is -0.337 e. The van der Waals surface area contributed by atoms with E-state index in [0.717, 1.165) is 31.7 Å². The summed E-state index contributed by atoms with van der Waals surface area (Å²) in [7, 11) is 1.87. The third kappa shape index (κ3) is 3.67. The number of carbonyl (C=O) groups excluding carboxylic acids is 1. The van der Waals surface area contributed by atoms with E-state index in [1.807, 2.05) is 24.2 Å². The molecule has 1 amide bonds. The number of rotatable bonds is 3. The first-order chi connectivity index (χ1) is 9.06. The van der Waals surface area contributed by atoms with Crippen LogP contribution < -0.4 is 0 Å². The van der Waals surface area contributed by atoms with Crippen LogP contribution in [0.5, 0.6) is 0 Å². The third-order valence-corrected chi connectivity index (χ3v) is 3.50. The molecule has 0 spiro atoms. The topological polar surface area (TPSA) is 41.4 Å². The van der Waals surface area contributed by atoms with Gasteiger partial charge in [0.15, 0.2) is 0 Å². The summed E-state index contributed by atoms with van der Waals surface area (Å²) < 4.78 is 1.73. The number of aryl methyl sites for hydroxylation is 1. The van der Waals surface area contributed by atoms with Crippen LogP contribution in [-0.2, 0) is 11.8 Å². The van der Waals surface area contributed by atoms with Crippen molar-refractivity contribution >= 4 is 12.0 Å². The lowest BCUT2D eigenvalue weighted by Crippen LogP contribution is -2.50. The summed E-state index contributed by atoms with van der Waals surface area (Å²) in [6.45, 7) is 7.94. The molecule has 0 atom stereocenters. The molecule has 1 aliphatic rings. The number of carbonyl (C=O) groups is 1. The highest BCUT2D eigenvalue weighted by Gasteiger charge is 2.20. The van der Waals surface area contributed by atoms with Gasteiger partial charge in [-0.25, -0.2) is 0 Å². The Morgan fingerprint density at radius 1 is 1.32 bits per heavy atom. The van der Waals surface area contributed by atoms with Gasteiger partial charge in [0, 0.05) is 57.1 Å². The lowest BCUT2D eigenvalue weighted by Gasteiger charge is -2.36. The van der Waals surface area contributed by atoms with Crippen molar-refractivity contribution in [1.29, 1.82) is 0 Å². The van der Waals surface area contributed by atoms with Gasteiger partial charge in [0.1, 0.15) is 0 Å². The standard InChI is InChI=1S/C14H22N4O/c1-12(2)17-6-8-18(9-7-17)14(19)5-4-13-10-15-16(3)11-13/h4-5,10-12H,6-9H2,1-3H3. The SMILES string of the molecule is CC(C)N1CCN(C(=O)C=Cc2cnn(C)c2)CC1. The average molecular weight is 262 g/mol. The highest BCUT2D eigenvalue weighted by Crippen LogP contribution is 2.07. The van der Waals surface area contributed by atoms with Gasteiger partial charge in [-0.1, -0.05) is 0 Å². The van der Waals surface area contributed by atoms with Gasteiger partial charge in [0.2, 0.25) is 5.91 Å². The van der Waals surface area contributed by atoms with E-state index in [4.69, 9.17) is 0 Å². The van der Waals surface area contributed by atoms with Gasteiger partial charge < -0.3 is 4.90 Å². The van der Waals surface area contributed by atoms with Crippen molar-refractivity contribution in [2.75, 3.05) is 26.2 Å². The fourth-order valence-electron chi connectivity index (χ4n) is 2.26. The summed E-state index contributed by atoms with van der Waals surface area (Å²) in [6, 6.07) is 0.559. The van der Waals surface area contributed by atoms with E-state index < -0.39 is 0 Å². The molecule has 5 nitrogen and oxygen atoms in total. The van der Waals surface area contributed by atoms with Gasteiger partial charge in [-0.05, 0) is 19.9 Å². The van der Waals surface area contributed by atoms with E-state index in [9.17, 15) is 4.79 Å². The molecule has 1 aromatic rings. The quantitative estimate of drug-likeness (QED) is 0.763. The van der Waals surface area contributed by atoms with Crippen LogP contribution in [0.4, 0.5) is 0 Å². The summed E-state index contributed by atoms with van der Waals surface area (Å²) >= 11 is 0. The zero-order valence-corrected chi connectivity index (χ0v) is 11.9. The maximum Gasteiger partial charge on any atom is 0.246 e. The fourth-order valence-corrected chi connectivity index (χ4v) is 2.26. The van der Waals surface area contributed by atoms with Crippen molar-refractivity contribution in [3.63, 3.8) is 0 Å². The monoisotopic (exact) mass is 262 g/mol. The molecule has 5 heteroatoms. The number of aromatic nitrogens is 2. The minimum atomic E-state index is 0.0901. The molecule has 1 aromatic heterocycles. The molecule has 2 heterocycles. The van der Waals surface area contributed by atoms with Crippen LogP contribution in [0.2, 0.25) is 0 Å². The first-order valence-corrected chi connectivity index (χ1v) is 6.76. The normalized spacial score (nSPS) is 17.6. The number of amides is 1. The van der Waals surface area contributed by atoms with Crippen LogP contribution in [0, 0.1) is 0 Å². The summed E-state index contributed by atoms with van der Waals surface area (Å²) in [5.41, 5.74) is 0.955. The highest BCUT2D eigenvalue weighted by atomic mass is 16.2. The van der Waals surface area contributed by atoms with Crippen molar-refractivity contribution in [2.24, 2.45) is 7.05 Å². The molecular weight excluding hydrogens is 240 g/mol. The Balaban J connectivity index is 1.86. The highest BCUT2D eigenvalue weighted by molar-refractivity contribution is 5.91. The van der Waals surface area contributed by atoms with E-state index in [2.05, 4.69) is 23.8 Å². The lowest BCUT2D eigenvalue weighted by molar-refractivity contribution is -0.127. The van der Waals surface area contributed by atoms with E-state index >= 15 is 0 Å². The van der Waals surface area contributed by atoms with Crippen LogP contribution in [0.25, 0.3) is 6.08 Å². The summed E-state index contributed by atoms with van der Waals surface area (Å²) in [4.78, 5) is 16.4. The molecule has 0 aliphatic carbocycles. The Bertz CT molecular complexity index is 456. The molecule has 0 radical (unpaired) electrons. The van der Waals surface area contributed by atoms with Crippen LogP contribution in [-0.4, -0.2) is 57.7 Å². The number of hydrogen-bond donors (Lipinski definition) is 0. The van der Waals surface area contributed by atoms with Crippen molar-refractivity contribution in [1.82, 2.24) is 19.6 Å². The predicted molar refractivity (Wildman–Crippen MR) is 75.5 cm³/mol. The third-order valence-electron chi connectivity index (χ3n) is 3.50. The molecule has 2 rings (SSSR count). The second kappa shape index (κ2) is 6.02. The second-order valence-corrected chi connectivity index (χ2v) is 5.24. The van der Waals surface area contributed by atoms with Crippen LogP contribution in [0.1, 0.15) is 19.4 Å². The number of hydrogen-bond acceptors (Lipinski definition) is 3. The van der Waals surface area contributed by atoms with Crippen LogP contribution in [0.3, 0.4) is 0 Å². The van der Waals surface area contributed by atoms with Crippen molar-refractivity contribution in [2.45, 2.75) is 19.9 Å². The molecule has 1 fully saturated rings. The van der Waals surface area contributed by atoms with Crippen LogP contribution >= 0.6 is 0 Å². The van der Waals surface area contributed by atoms with Gasteiger partial charge >= 0.3 is 0 Å². The molecule has 0 saturated carbocycles. The van der Waals surface area contributed by atoms with Crippen molar-refractivity contribution in [3.05, 3.63) is 24.0 Å². The van der Waals surface area contributed by atoms with Crippen molar-refractivity contribution < 1.29 is 4.79 Å².